The first-order valence-electron chi connectivity index (χ1n) is 9.77. The van der Waals surface area contributed by atoms with Gasteiger partial charge < -0.3 is 19.3 Å². The van der Waals surface area contributed by atoms with E-state index >= 15 is 0 Å². The number of hydrogen-bond donors (Lipinski definition) is 0. The van der Waals surface area contributed by atoms with Crippen molar-refractivity contribution in [3.05, 3.63) is 60.2 Å². The van der Waals surface area contributed by atoms with E-state index in [-0.39, 0.29) is 18.4 Å². The summed E-state index contributed by atoms with van der Waals surface area (Å²) < 4.78 is 11.5. The first kappa shape index (κ1) is 19.6. The number of benzene rings is 2. The maximum Gasteiger partial charge on any atom is 0.267 e. The predicted octanol–water partition coefficient (Wildman–Crippen LogP) is 2.43. The molecular formula is C22H24N2O4S. The van der Waals surface area contributed by atoms with Crippen LogP contribution in [0, 0.1) is 0 Å². The maximum atomic E-state index is 12.8. The molecular weight excluding hydrogens is 388 g/mol. The van der Waals surface area contributed by atoms with Crippen LogP contribution >= 0.6 is 11.8 Å². The van der Waals surface area contributed by atoms with Gasteiger partial charge >= 0.3 is 0 Å². The molecule has 7 heteroatoms. The molecule has 0 spiro atoms. The van der Waals surface area contributed by atoms with Crippen LogP contribution in [0.2, 0.25) is 0 Å². The van der Waals surface area contributed by atoms with Crippen molar-refractivity contribution in [3.63, 3.8) is 0 Å². The van der Waals surface area contributed by atoms with Crippen LogP contribution in [0.4, 0.5) is 0 Å². The Morgan fingerprint density at radius 3 is 2.31 bits per heavy atom. The van der Waals surface area contributed by atoms with E-state index in [1.807, 2.05) is 41.3 Å². The Kier molecular flexibility index (Phi) is 6.24. The summed E-state index contributed by atoms with van der Waals surface area (Å²) in [7, 11) is 0. The predicted molar refractivity (Wildman–Crippen MR) is 112 cm³/mol. The first-order valence-corrected chi connectivity index (χ1v) is 10.9. The third-order valence-corrected chi connectivity index (χ3v) is 6.05. The van der Waals surface area contributed by atoms with E-state index in [1.165, 1.54) is 5.56 Å². The molecule has 1 fully saturated rings. The van der Waals surface area contributed by atoms with Crippen molar-refractivity contribution in [2.75, 3.05) is 38.5 Å². The lowest BCUT2D eigenvalue weighted by molar-refractivity contribution is -0.145. The zero-order valence-electron chi connectivity index (χ0n) is 16.2. The van der Waals surface area contributed by atoms with Crippen LogP contribution < -0.4 is 9.47 Å². The highest BCUT2D eigenvalue weighted by molar-refractivity contribution is 7.99. The van der Waals surface area contributed by atoms with Crippen molar-refractivity contribution in [1.82, 2.24) is 9.80 Å². The van der Waals surface area contributed by atoms with Gasteiger partial charge in [-0.1, -0.05) is 42.5 Å². The Morgan fingerprint density at radius 2 is 1.55 bits per heavy atom. The number of hydrogen-bond acceptors (Lipinski definition) is 5. The van der Waals surface area contributed by atoms with Gasteiger partial charge in [0.25, 0.3) is 5.91 Å². The number of amides is 2. The molecule has 0 saturated carbocycles. The van der Waals surface area contributed by atoms with Crippen molar-refractivity contribution in [3.8, 4) is 11.5 Å². The minimum atomic E-state index is -0.631. The Morgan fingerprint density at radius 1 is 0.897 bits per heavy atom. The van der Waals surface area contributed by atoms with Gasteiger partial charge in [0.15, 0.2) is 11.5 Å². The van der Waals surface area contributed by atoms with E-state index < -0.39 is 6.10 Å². The summed E-state index contributed by atoms with van der Waals surface area (Å²) >= 11 is 1.62. The highest BCUT2D eigenvalue weighted by Gasteiger charge is 2.33. The average Bonchev–Trinajstić information content (AvgIpc) is 2.79. The van der Waals surface area contributed by atoms with Crippen molar-refractivity contribution >= 4 is 23.6 Å². The van der Waals surface area contributed by atoms with E-state index in [2.05, 4.69) is 12.1 Å². The van der Waals surface area contributed by atoms with Crippen LogP contribution in [0.3, 0.4) is 0 Å². The molecule has 152 valence electrons. The number of nitrogens with zero attached hydrogens (tertiary/aromatic N) is 2. The number of piperazine rings is 1. The molecule has 2 amide bonds. The summed E-state index contributed by atoms with van der Waals surface area (Å²) in [4.78, 5) is 28.9. The number of ether oxygens (including phenoxy) is 2. The molecule has 2 aliphatic heterocycles. The molecule has 2 aromatic carbocycles. The molecule has 6 nitrogen and oxygen atoms in total. The Balaban J connectivity index is 1.22. The van der Waals surface area contributed by atoms with Gasteiger partial charge in [-0.3, -0.25) is 9.59 Å². The topological polar surface area (TPSA) is 59.1 Å². The van der Waals surface area contributed by atoms with Crippen molar-refractivity contribution in [1.29, 1.82) is 0 Å². The van der Waals surface area contributed by atoms with Crippen LogP contribution in [-0.4, -0.2) is 66.3 Å². The van der Waals surface area contributed by atoms with Crippen LogP contribution in [0.15, 0.2) is 54.6 Å². The fraction of sp³-hybridized carbons (Fsp3) is 0.364. The highest BCUT2D eigenvalue weighted by atomic mass is 32.2. The van der Waals surface area contributed by atoms with Gasteiger partial charge in [-0.2, -0.15) is 0 Å². The Labute approximate surface area is 174 Å². The van der Waals surface area contributed by atoms with Crippen molar-refractivity contribution in [2.24, 2.45) is 0 Å². The second kappa shape index (κ2) is 9.22. The third-order valence-electron chi connectivity index (χ3n) is 5.07. The molecule has 0 radical (unpaired) electrons. The summed E-state index contributed by atoms with van der Waals surface area (Å²) in [5.41, 5.74) is 1.22. The molecule has 2 aliphatic rings. The molecule has 2 aromatic rings. The van der Waals surface area contributed by atoms with E-state index in [9.17, 15) is 9.59 Å². The van der Waals surface area contributed by atoms with Crippen LogP contribution in [-0.2, 0) is 15.3 Å². The highest BCUT2D eigenvalue weighted by Crippen LogP contribution is 2.31. The summed E-state index contributed by atoms with van der Waals surface area (Å²) in [5.74, 6) is 2.60. The molecule has 29 heavy (non-hydrogen) atoms. The smallest absolute Gasteiger partial charge is 0.267 e. The third kappa shape index (κ3) is 4.85. The molecule has 4 rings (SSSR count). The Bertz CT molecular complexity index is 853. The molecule has 0 aliphatic carbocycles. The number of rotatable bonds is 5. The van der Waals surface area contributed by atoms with Gasteiger partial charge in [0, 0.05) is 31.9 Å². The van der Waals surface area contributed by atoms with E-state index in [0.717, 1.165) is 5.75 Å². The number of carbonyl (C=O) groups is 2. The molecule has 1 saturated heterocycles. The zero-order chi connectivity index (χ0) is 20.1. The molecule has 1 atom stereocenters. The minimum absolute atomic E-state index is 0.0787. The van der Waals surface area contributed by atoms with Crippen molar-refractivity contribution < 1.29 is 19.1 Å². The largest absolute Gasteiger partial charge is 0.485 e. The summed E-state index contributed by atoms with van der Waals surface area (Å²) in [5, 5.41) is 0. The second-order valence-electron chi connectivity index (χ2n) is 7.05. The maximum absolute atomic E-state index is 12.8. The lowest BCUT2D eigenvalue weighted by Crippen LogP contribution is -2.55. The SMILES string of the molecule is O=C(CSCc1ccccc1)N1CCN(C(=O)C2COc3ccccc3O2)CC1. The number of carbonyl (C=O) groups excluding carboxylic acids is 2. The monoisotopic (exact) mass is 412 g/mol. The van der Waals surface area contributed by atoms with Gasteiger partial charge in [-0.25, -0.2) is 0 Å². The van der Waals surface area contributed by atoms with Crippen LogP contribution in [0.1, 0.15) is 5.56 Å². The van der Waals surface area contributed by atoms with E-state index in [4.69, 9.17) is 9.47 Å². The fourth-order valence-corrected chi connectivity index (χ4v) is 4.33. The fourth-order valence-electron chi connectivity index (χ4n) is 3.44. The standard InChI is InChI=1S/C22H24N2O4S/c25-21(16-29-15-17-6-2-1-3-7-17)23-10-12-24(13-11-23)22(26)20-14-27-18-8-4-5-9-19(18)28-20/h1-9,20H,10-16H2. The van der Waals surface area contributed by atoms with Gasteiger partial charge in [-0.05, 0) is 17.7 Å². The Hall–Kier alpha value is -2.67. The average molecular weight is 413 g/mol. The summed E-state index contributed by atoms with van der Waals surface area (Å²) in [6.07, 6.45) is -0.631. The number of thioether (sulfide) groups is 1. The summed E-state index contributed by atoms with van der Waals surface area (Å²) in [6.45, 7) is 2.37. The zero-order valence-corrected chi connectivity index (χ0v) is 17.0. The lowest BCUT2D eigenvalue weighted by Gasteiger charge is -2.37. The van der Waals surface area contributed by atoms with Crippen molar-refractivity contribution in [2.45, 2.75) is 11.9 Å². The number of fused-ring (bicyclic) bond motifs is 1. The van der Waals surface area contributed by atoms with E-state index in [0.29, 0.717) is 43.4 Å². The van der Waals surface area contributed by atoms with E-state index in [1.54, 1.807) is 22.7 Å². The molecule has 0 N–H and O–H groups in total. The van der Waals surface area contributed by atoms with Crippen LogP contribution in [0.25, 0.3) is 0 Å². The number of para-hydroxylation sites is 2. The van der Waals surface area contributed by atoms with Gasteiger partial charge in [0.2, 0.25) is 12.0 Å². The minimum Gasteiger partial charge on any atom is -0.485 e. The van der Waals surface area contributed by atoms with Crippen LogP contribution in [0.5, 0.6) is 11.5 Å². The molecule has 1 unspecified atom stereocenters. The second-order valence-corrected chi connectivity index (χ2v) is 8.03. The van der Waals surface area contributed by atoms with Gasteiger partial charge in [0.05, 0.1) is 5.75 Å². The first-order chi connectivity index (χ1) is 14.2. The molecule has 2 heterocycles. The van der Waals surface area contributed by atoms with Gasteiger partial charge in [-0.15, -0.1) is 11.8 Å². The quantitative estimate of drug-likeness (QED) is 0.755. The lowest BCUT2D eigenvalue weighted by atomic mass is 10.2. The molecule has 0 aromatic heterocycles. The molecule has 0 bridgehead atoms. The summed E-state index contributed by atoms with van der Waals surface area (Å²) in [6, 6.07) is 17.5. The van der Waals surface area contributed by atoms with Gasteiger partial charge in [0.1, 0.15) is 6.61 Å². The normalized spacial score (nSPS) is 18.4.